The molecule has 1 fully saturated rings. The Morgan fingerprint density at radius 3 is 2.57 bits per heavy atom. The van der Waals surface area contributed by atoms with Crippen molar-refractivity contribution >= 4 is 46.3 Å². The number of halogens is 1. The zero-order chi connectivity index (χ0) is 21.5. The van der Waals surface area contributed by atoms with Crippen LogP contribution in [0.15, 0.2) is 42.5 Å². The molecule has 0 saturated carbocycles. The summed E-state index contributed by atoms with van der Waals surface area (Å²) in [6.45, 7) is 7.47. The van der Waals surface area contributed by atoms with Crippen molar-refractivity contribution in [3.8, 4) is 0 Å². The first-order valence-corrected chi connectivity index (χ1v) is 10.7. The van der Waals surface area contributed by atoms with Crippen molar-refractivity contribution in [2.75, 3.05) is 43.1 Å². The van der Waals surface area contributed by atoms with Crippen molar-refractivity contribution < 1.29 is 14.3 Å². The number of carbonyl (C=O) groups excluding carboxylic acids is 1. The number of hydrogen-bond donors (Lipinski definition) is 2. The monoisotopic (exact) mass is 447 g/mol. The van der Waals surface area contributed by atoms with E-state index in [1.807, 2.05) is 0 Å². The fourth-order valence-corrected chi connectivity index (χ4v) is 3.76. The number of thiocarbonyl (C=S) groups is 1. The van der Waals surface area contributed by atoms with Crippen LogP contribution in [0.5, 0.6) is 0 Å². The third-order valence-electron chi connectivity index (χ3n) is 4.84. The number of esters is 1. The van der Waals surface area contributed by atoms with Gasteiger partial charge in [0, 0.05) is 24.5 Å². The summed E-state index contributed by atoms with van der Waals surface area (Å²) in [7, 11) is 0. The van der Waals surface area contributed by atoms with Gasteiger partial charge >= 0.3 is 5.97 Å². The van der Waals surface area contributed by atoms with E-state index in [2.05, 4.69) is 46.7 Å². The first-order valence-electron chi connectivity index (χ1n) is 9.94. The van der Waals surface area contributed by atoms with E-state index >= 15 is 0 Å². The Balaban J connectivity index is 1.56. The van der Waals surface area contributed by atoms with Gasteiger partial charge in [0.15, 0.2) is 5.11 Å². The normalized spacial score (nSPS) is 14.7. The van der Waals surface area contributed by atoms with E-state index in [0.29, 0.717) is 28.0 Å². The molecule has 160 valence electrons. The summed E-state index contributed by atoms with van der Waals surface area (Å²) in [5.74, 6) is -0.441. The molecule has 2 aromatic rings. The Morgan fingerprint density at radius 2 is 1.93 bits per heavy atom. The van der Waals surface area contributed by atoms with Crippen molar-refractivity contribution in [3.63, 3.8) is 0 Å². The maximum Gasteiger partial charge on any atom is 0.339 e. The van der Waals surface area contributed by atoms with Crippen molar-refractivity contribution in [3.05, 3.63) is 58.6 Å². The molecular formula is C22H26ClN3O3S. The lowest BCUT2D eigenvalue weighted by Crippen LogP contribution is -2.36. The van der Waals surface area contributed by atoms with Crippen molar-refractivity contribution in [1.82, 2.24) is 5.32 Å². The van der Waals surface area contributed by atoms with Crippen LogP contribution in [0.2, 0.25) is 5.02 Å². The highest BCUT2D eigenvalue weighted by Gasteiger charge is 2.14. The maximum absolute atomic E-state index is 11.9. The molecule has 1 aliphatic heterocycles. The van der Waals surface area contributed by atoms with E-state index in [9.17, 15) is 4.79 Å². The highest BCUT2D eigenvalue weighted by molar-refractivity contribution is 7.80. The Bertz CT molecular complexity index is 886. The minimum atomic E-state index is -0.441. The van der Waals surface area contributed by atoms with E-state index < -0.39 is 5.97 Å². The predicted molar refractivity (Wildman–Crippen MR) is 125 cm³/mol. The van der Waals surface area contributed by atoms with Gasteiger partial charge in [-0.2, -0.15) is 0 Å². The lowest BCUT2D eigenvalue weighted by molar-refractivity contribution is 0.0526. The van der Waals surface area contributed by atoms with E-state index in [0.717, 1.165) is 31.9 Å². The largest absolute Gasteiger partial charge is 0.462 e. The van der Waals surface area contributed by atoms with Gasteiger partial charge < -0.3 is 25.0 Å². The second-order valence-electron chi connectivity index (χ2n) is 6.93. The van der Waals surface area contributed by atoms with Gasteiger partial charge in [0.1, 0.15) is 0 Å². The smallest absolute Gasteiger partial charge is 0.339 e. The van der Waals surface area contributed by atoms with Crippen LogP contribution in [0.1, 0.15) is 35.8 Å². The van der Waals surface area contributed by atoms with E-state index in [-0.39, 0.29) is 6.04 Å². The molecule has 1 heterocycles. The molecule has 30 heavy (non-hydrogen) atoms. The molecule has 0 radical (unpaired) electrons. The van der Waals surface area contributed by atoms with Crippen molar-refractivity contribution in [2.24, 2.45) is 0 Å². The minimum Gasteiger partial charge on any atom is -0.462 e. The van der Waals surface area contributed by atoms with Crippen LogP contribution in [0.3, 0.4) is 0 Å². The van der Waals surface area contributed by atoms with Crippen LogP contribution < -0.4 is 15.5 Å². The SMILES string of the molecule is CCOC(=O)c1ccc(NC(=S)NC(C)c2ccc(N3CCOCC3)cc2)cc1Cl. The molecule has 1 unspecified atom stereocenters. The first kappa shape index (κ1) is 22.3. The maximum atomic E-state index is 11.9. The quantitative estimate of drug-likeness (QED) is 0.502. The Morgan fingerprint density at radius 1 is 1.23 bits per heavy atom. The summed E-state index contributed by atoms with van der Waals surface area (Å²) in [5, 5.41) is 7.16. The molecule has 0 amide bonds. The molecule has 8 heteroatoms. The van der Waals surface area contributed by atoms with E-state index in [1.165, 1.54) is 5.69 Å². The molecule has 1 atom stereocenters. The average Bonchev–Trinajstić information content (AvgIpc) is 2.74. The average molecular weight is 448 g/mol. The number of hydrogen-bond acceptors (Lipinski definition) is 5. The molecular weight excluding hydrogens is 422 g/mol. The van der Waals surface area contributed by atoms with Gasteiger partial charge in [-0.1, -0.05) is 23.7 Å². The third-order valence-corrected chi connectivity index (χ3v) is 5.37. The van der Waals surface area contributed by atoms with Crippen LogP contribution >= 0.6 is 23.8 Å². The van der Waals surface area contributed by atoms with Crippen LogP contribution in [-0.4, -0.2) is 44.0 Å². The number of rotatable bonds is 6. The number of carbonyl (C=O) groups is 1. The number of morpholine rings is 1. The first-order chi connectivity index (χ1) is 14.5. The van der Waals surface area contributed by atoms with Crippen LogP contribution in [0.4, 0.5) is 11.4 Å². The minimum absolute atomic E-state index is 0.0259. The Kier molecular flexibility index (Phi) is 7.90. The van der Waals surface area contributed by atoms with Gasteiger partial charge in [0.25, 0.3) is 0 Å². The van der Waals surface area contributed by atoms with E-state index in [1.54, 1.807) is 25.1 Å². The summed E-state index contributed by atoms with van der Waals surface area (Å²) in [6, 6.07) is 13.5. The second-order valence-corrected chi connectivity index (χ2v) is 7.74. The highest BCUT2D eigenvalue weighted by Crippen LogP contribution is 2.23. The molecule has 3 rings (SSSR count). The van der Waals surface area contributed by atoms with E-state index in [4.69, 9.17) is 33.3 Å². The van der Waals surface area contributed by atoms with Gasteiger partial charge in [-0.25, -0.2) is 4.79 Å². The molecule has 2 N–H and O–H groups in total. The predicted octanol–water partition coefficient (Wildman–Crippen LogP) is 4.40. The number of anilines is 2. The zero-order valence-electron chi connectivity index (χ0n) is 17.1. The number of nitrogens with one attached hydrogen (secondary N) is 2. The van der Waals surface area contributed by atoms with Gasteiger partial charge in [-0.15, -0.1) is 0 Å². The van der Waals surface area contributed by atoms with Crippen molar-refractivity contribution in [2.45, 2.75) is 19.9 Å². The summed E-state index contributed by atoms with van der Waals surface area (Å²) < 4.78 is 10.4. The topological polar surface area (TPSA) is 62.8 Å². The fourth-order valence-electron chi connectivity index (χ4n) is 3.21. The second kappa shape index (κ2) is 10.6. The number of benzene rings is 2. The fraction of sp³-hybridized carbons (Fsp3) is 0.364. The molecule has 1 saturated heterocycles. The lowest BCUT2D eigenvalue weighted by atomic mass is 10.1. The number of nitrogens with zero attached hydrogens (tertiary/aromatic N) is 1. The molecule has 2 aromatic carbocycles. The molecule has 0 aromatic heterocycles. The Hall–Kier alpha value is -2.35. The third kappa shape index (κ3) is 5.84. The number of ether oxygens (including phenoxy) is 2. The summed E-state index contributed by atoms with van der Waals surface area (Å²) in [4.78, 5) is 14.2. The Labute approximate surface area is 187 Å². The zero-order valence-corrected chi connectivity index (χ0v) is 18.7. The van der Waals surface area contributed by atoms with Crippen molar-refractivity contribution in [1.29, 1.82) is 0 Å². The molecule has 0 bridgehead atoms. The summed E-state index contributed by atoms with van der Waals surface area (Å²) in [5.41, 5.74) is 3.36. The summed E-state index contributed by atoms with van der Waals surface area (Å²) >= 11 is 11.6. The highest BCUT2D eigenvalue weighted by atomic mass is 35.5. The van der Waals surface area contributed by atoms with Gasteiger partial charge in [0.05, 0.1) is 36.4 Å². The van der Waals surface area contributed by atoms with Crippen LogP contribution in [0.25, 0.3) is 0 Å². The summed E-state index contributed by atoms with van der Waals surface area (Å²) in [6.07, 6.45) is 0. The van der Waals surface area contributed by atoms with Gasteiger partial charge in [0.2, 0.25) is 0 Å². The van der Waals surface area contributed by atoms with Gasteiger partial charge in [-0.3, -0.25) is 0 Å². The molecule has 0 spiro atoms. The molecule has 1 aliphatic rings. The standard InChI is InChI=1S/C22H26ClN3O3S/c1-3-29-21(27)19-9-6-17(14-20(19)23)25-22(30)24-15(2)16-4-7-18(8-5-16)26-10-12-28-13-11-26/h4-9,14-15H,3,10-13H2,1-2H3,(H2,24,25,30). The molecule has 6 nitrogen and oxygen atoms in total. The van der Waals surface area contributed by atoms with Crippen LogP contribution in [0, 0.1) is 0 Å². The van der Waals surface area contributed by atoms with Crippen LogP contribution in [-0.2, 0) is 9.47 Å². The molecule has 0 aliphatic carbocycles. The van der Waals surface area contributed by atoms with Gasteiger partial charge in [-0.05, 0) is 62.0 Å². The lowest BCUT2D eigenvalue weighted by Gasteiger charge is -2.29.